The van der Waals surface area contributed by atoms with Gasteiger partial charge in [-0.1, -0.05) is 12.1 Å². The van der Waals surface area contributed by atoms with Gasteiger partial charge in [-0.3, -0.25) is 14.6 Å². The fourth-order valence-corrected chi connectivity index (χ4v) is 4.84. The van der Waals surface area contributed by atoms with Gasteiger partial charge >= 0.3 is 0 Å². The average Bonchev–Trinajstić information content (AvgIpc) is 3.44. The van der Waals surface area contributed by atoms with E-state index < -0.39 is 0 Å². The number of carbonyl (C=O) groups is 1. The van der Waals surface area contributed by atoms with Crippen molar-refractivity contribution in [1.82, 2.24) is 19.7 Å². The molecule has 0 aliphatic carbocycles. The van der Waals surface area contributed by atoms with E-state index in [4.69, 9.17) is 4.42 Å². The van der Waals surface area contributed by atoms with E-state index in [1.165, 1.54) is 5.56 Å². The first-order valence-corrected chi connectivity index (χ1v) is 11.5. The van der Waals surface area contributed by atoms with Crippen molar-refractivity contribution in [2.45, 2.75) is 6.54 Å². The Balaban J connectivity index is 1.08. The van der Waals surface area contributed by atoms with E-state index in [9.17, 15) is 4.79 Å². The minimum absolute atomic E-state index is 0.250. The number of thiophene rings is 1. The number of para-hydroxylation sites is 2. The SMILES string of the molecule is O=C(CN1CCN(c2nc3ccccc3o2)CC1)N1CCN(Cc2ccsc2)CC1. The molecule has 2 aromatic heterocycles. The molecule has 2 saturated heterocycles. The standard InChI is InChI=1S/C22H27N5O2S/c28-21(26-10-6-24(7-11-26)15-18-5-14-30-17-18)16-25-8-12-27(13-9-25)22-23-19-3-1-2-4-20(19)29-22/h1-5,14,17H,6-13,15-16H2. The van der Waals surface area contributed by atoms with Gasteiger partial charge in [-0.2, -0.15) is 16.3 Å². The van der Waals surface area contributed by atoms with Gasteiger partial charge in [-0.25, -0.2) is 0 Å². The predicted octanol–water partition coefficient (Wildman–Crippen LogP) is 2.36. The maximum atomic E-state index is 12.8. The van der Waals surface area contributed by atoms with Gasteiger partial charge in [0.2, 0.25) is 5.91 Å². The molecule has 158 valence electrons. The number of oxazole rings is 1. The van der Waals surface area contributed by atoms with E-state index in [0.29, 0.717) is 12.6 Å². The molecule has 2 aliphatic rings. The van der Waals surface area contributed by atoms with Crippen LogP contribution in [0.3, 0.4) is 0 Å². The third-order valence-corrected chi connectivity index (χ3v) is 6.73. The number of nitrogens with zero attached hydrogens (tertiary/aromatic N) is 5. The van der Waals surface area contributed by atoms with Crippen LogP contribution in [0.25, 0.3) is 11.1 Å². The molecule has 30 heavy (non-hydrogen) atoms. The summed E-state index contributed by atoms with van der Waals surface area (Å²) in [4.78, 5) is 26.3. The van der Waals surface area contributed by atoms with E-state index in [-0.39, 0.29) is 5.91 Å². The minimum Gasteiger partial charge on any atom is -0.423 e. The first-order valence-electron chi connectivity index (χ1n) is 10.6. The van der Waals surface area contributed by atoms with E-state index in [1.54, 1.807) is 11.3 Å². The van der Waals surface area contributed by atoms with Crippen LogP contribution < -0.4 is 4.90 Å². The van der Waals surface area contributed by atoms with Crippen LogP contribution in [0.4, 0.5) is 6.01 Å². The zero-order valence-corrected chi connectivity index (χ0v) is 17.9. The van der Waals surface area contributed by atoms with Crippen LogP contribution in [0.15, 0.2) is 45.5 Å². The number of amides is 1. The van der Waals surface area contributed by atoms with Crippen molar-refractivity contribution in [1.29, 1.82) is 0 Å². The molecule has 2 aliphatic heterocycles. The Kier molecular flexibility index (Phi) is 5.70. The summed E-state index contributed by atoms with van der Waals surface area (Å²) in [5.74, 6) is 0.250. The molecule has 7 nitrogen and oxygen atoms in total. The summed E-state index contributed by atoms with van der Waals surface area (Å²) >= 11 is 1.74. The van der Waals surface area contributed by atoms with Gasteiger partial charge in [-0.05, 0) is 34.5 Å². The molecule has 0 N–H and O–H groups in total. The second kappa shape index (κ2) is 8.75. The largest absolute Gasteiger partial charge is 0.423 e. The van der Waals surface area contributed by atoms with E-state index in [1.807, 2.05) is 29.2 Å². The van der Waals surface area contributed by atoms with E-state index >= 15 is 0 Å². The molecule has 1 amide bonds. The lowest BCUT2D eigenvalue weighted by atomic mass is 10.2. The van der Waals surface area contributed by atoms with Gasteiger partial charge in [0.25, 0.3) is 6.01 Å². The third-order valence-electron chi connectivity index (χ3n) is 6.00. The number of hydrogen-bond donors (Lipinski definition) is 0. The fraction of sp³-hybridized carbons (Fsp3) is 0.455. The van der Waals surface area contributed by atoms with E-state index in [0.717, 1.165) is 70.0 Å². The number of hydrogen-bond acceptors (Lipinski definition) is 7. The Labute approximate surface area is 180 Å². The van der Waals surface area contributed by atoms with Crippen LogP contribution in [-0.2, 0) is 11.3 Å². The highest BCUT2D eigenvalue weighted by Crippen LogP contribution is 2.22. The molecule has 0 spiro atoms. The molecule has 0 atom stereocenters. The molecular formula is C22H27N5O2S. The zero-order valence-electron chi connectivity index (χ0n) is 17.1. The summed E-state index contributed by atoms with van der Waals surface area (Å²) in [7, 11) is 0. The Hall–Kier alpha value is -2.42. The molecule has 1 aromatic carbocycles. The minimum atomic E-state index is 0.250. The summed E-state index contributed by atoms with van der Waals surface area (Å²) in [6.45, 7) is 8.40. The van der Waals surface area contributed by atoms with Gasteiger partial charge in [0.05, 0.1) is 6.54 Å². The van der Waals surface area contributed by atoms with Crippen molar-refractivity contribution >= 4 is 34.4 Å². The van der Waals surface area contributed by atoms with Gasteiger partial charge < -0.3 is 14.2 Å². The third kappa shape index (κ3) is 4.35. The summed E-state index contributed by atoms with van der Waals surface area (Å²) in [6.07, 6.45) is 0. The normalized spacial score (nSPS) is 18.9. The first kappa shape index (κ1) is 19.5. The number of fused-ring (bicyclic) bond motifs is 1. The summed E-state index contributed by atoms with van der Waals surface area (Å²) < 4.78 is 5.88. The second-order valence-electron chi connectivity index (χ2n) is 8.02. The maximum Gasteiger partial charge on any atom is 0.298 e. The Morgan fingerprint density at radius 2 is 1.73 bits per heavy atom. The monoisotopic (exact) mass is 425 g/mol. The van der Waals surface area contributed by atoms with Crippen molar-refractivity contribution in [3.8, 4) is 0 Å². The van der Waals surface area contributed by atoms with Gasteiger partial charge in [-0.15, -0.1) is 0 Å². The number of anilines is 1. The zero-order chi connectivity index (χ0) is 20.3. The van der Waals surface area contributed by atoms with Crippen molar-refractivity contribution in [2.75, 3.05) is 63.8 Å². The van der Waals surface area contributed by atoms with Crippen molar-refractivity contribution in [2.24, 2.45) is 0 Å². The molecule has 3 aromatic rings. The summed E-state index contributed by atoms with van der Waals surface area (Å²) in [6, 6.07) is 10.7. The Morgan fingerprint density at radius 3 is 2.47 bits per heavy atom. The molecule has 0 unspecified atom stereocenters. The van der Waals surface area contributed by atoms with Crippen LogP contribution in [0.1, 0.15) is 5.56 Å². The molecule has 5 rings (SSSR count). The number of rotatable bonds is 5. The van der Waals surface area contributed by atoms with Crippen molar-refractivity contribution in [3.05, 3.63) is 46.7 Å². The van der Waals surface area contributed by atoms with Crippen LogP contribution in [0, 0.1) is 0 Å². The van der Waals surface area contributed by atoms with Crippen molar-refractivity contribution in [3.63, 3.8) is 0 Å². The lowest BCUT2D eigenvalue weighted by Gasteiger charge is -2.37. The molecule has 8 heteroatoms. The maximum absolute atomic E-state index is 12.8. The fourth-order valence-electron chi connectivity index (χ4n) is 4.18. The molecule has 2 fully saturated rings. The topological polar surface area (TPSA) is 56.1 Å². The quantitative estimate of drug-likeness (QED) is 0.626. The molecular weight excluding hydrogens is 398 g/mol. The first-order chi connectivity index (χ1) is 14.7. The average molecular weight is 426 g/mol. The van der Waals surface area contributed by atoms with E-state index in [2.05, 4.69) is 36.5 Å². The number of piperazine rings is 2. The highest BCUT2D eigenvalue weighted by Gasteiger charge is 2.26. The molecule has 0 bridgehead atoms. The molecule has 4 heterocycles. The van der Waals surface area contributed by atoms with Crippen LogP contribution >= 0.6 is 11.3 Å². The van der Waals surface area contributed by atoms with Crippen molar-refractivity contribution < 1.29 is 9.21 Å². The lowest BCUT2D eigenvalue weighted by Crippen LogP contribution is -2.53. The molecule has 0 radical (unpaired) electrons. The smallest absolute Gasteiger partial charge is 0.298 e. The van der Waals surface area contributed by atoms with Crippen LogP contribution in [-0.4, -0.2) is 84.5 Å². The Morgan fingerprint density at radius 1 is 0.967 bits per heavy atom. The van der Waals surface area contributed by atoms with Crippen LogP contribution in [0.5, 0.6) is 0 Å². The number of aromatic nitrogens is 1. The highest BCUT2D eigenvalue weighted by atomic mass is 32.1. The van der Waals surface area contributed by atoms with Gasteiger partial charge in [0.15, 0.2) is 5.58 Å². The summed E-state index contributed by atoms with van der Waals surface area (Å²) in [5, 5.41) is 4.33. The predicted molar refractivity (Wildman–Crippen MR) is 119 cm³/mol. The number of benzene rings is 1. The van der Waals surface area contributed by atoms with Gasteiger partial charge in [0.1, 0.15) is 5.52 Å². The second-order valence-corrected chi connectivity index (χ2v) is 8.80. The van der Waals surface area contributed by atoms with Gasteiger partial charge in [0, 0.05) is 58.9 Å². The summed E-state index contributed by atoms with van der Waals surface area (Å²) in [5.41, 5.74) is 3.09. The number of carbonyl (C=O) groups excluding carboxylic acids is 1. The lowest BCUT2D eigenvalue weighted by molar-refractivity contribution is -0.134. The van der Waals surface area contributed by atoms with Crippen LogP contribution in [0.2, 0.25) is 0 Å². The highest BCUT2D eigenvalue weighted by molar-refractivity contribution is 7.07. The Bertz CT molecular complexity index is 940. The molecule has 0 saturated carbocycles.